The van der Waals surface area contributed by atoms with Crippen molar-refractivity contribution in [2.75, 3.05) is 31.5 Å². The summed E-state index contributed by atoms with van der Waals surface area (Å²) in [4.78, 5) is 12.7. The molecule has 0 bridgehead atoms. The van der Waals surface area contributed by atoms with Crippen molar-refractivity contribution < 1.29 is 13.2 Å². The van der Waals surface area contributed by atoms with Gasteiger partial charge >= 0.3 is 0 Å². The zero-order valence-corrected chi connectivity index (χ0v) is 18.7. The van der Waals surface area contributed by atoms with E-state index < -0.39 is 10.0 Å². The van der Waals surface area contributed by atoms with Crippen molar-refractivity contribution in [2.24, 2.45) is 0 Å². The fraction of sp³-hybridized carbons (Fsp3) is 0.458. The van der Waals surface area contributed by atoms with Crippen LogP contribution in [0.2, 0.25) is 0 Å². The van der Waals surface area contributed by atoms with Crippen molar-refractivity contribution in [3.05, 3.63) is 60.2 Å². The van der Waals surface area contributed by atoms with Gasteiger partial charge in [-0.1, -0.05) is 49.2 Å². The van der Waals surface area contributed by atoms with E-state index in [4.69, 9.17) is 0 Å². The summed E-state index contributed by atoms with van der Waals surface area (Å²) >= 11 is 0. The number of nitrogens with one attached hydrogen (secondary N) is 2. The molecule has 0 aromatic heterocycles. The highest BCUT2D eigenvalue weighted by molar-refractivity contribution is 7.89. The van der Waals surface area contributed by atoms with Crippen LogP contribution in [0.1, 0.15) is 44.1 Å². The van der Waals surface area contributed by atoms with Crippen molar-refractivity contribution in [1.82, 2.24) is 9.62 Å². The molecule has 0 unspecified atom stereocenters. The van der Waals surface area contributed by atoms with Crippen LogP contribution >= 0.6 is 0 Å². The second-order valence-electron chi connectivity index (χ2n) is 8.62. The van der Waals surface area contributed by atoms with E-state index in [1.54, 1.807) is 28.6 Å². The zero-order chi connectivity index (χ0) is 21.7. The molecule has 7 heteroatoms. The van der Waals surface area contributed by atoms with Gasteiger partial charge in [-0.2, -0.15) is 4.31 Å². The van der Waals surface area contributed by atoms with Crippen LogP contribution in [0.5, 0.6) is 0 Å². The maximum atomic E-state index is 12.9. The summed E-state index contributed by atoms with van der Waals surface area (Å²) in [5, 5.41) is 6.14. The summed E-state index contributed by atoms with van der Waals surface area (Å²) in [7, 11) is -3.49. The van der Waals surface area contributed by atoms with E-state index in [1.165, 1.54) is 12.0 Å². The molecule has 6 nitrogen and oxygen atoms in total. The number of benzene rings is 2. The lowest BCUT2D eigenvalue weighted by atomic mass is 9.64. The van der Waals surface area contributed by atoms with Gasteiger partial charge in [0.25, 0.3) is 0 Å². The Balaban J connectivity index is 1.33. The van der Waals surface area contributed by atoms with Crippen LogP contribution in [0.15, 0.2) is 59.5 Å². The summed E-state index contributed by atoms with van der Waals surface area (Å²) in [5.41, 5.74) is 1.96. The Morgan fingerprint density at radius 1 is 0.935 bits per heavy atom. The van der Waals surface area contributed by atoms with E-state index >= 15 is 0 Å². The molecule has 2 aromatic carbocycles. The van der Waals surface area contributed by atoms with Crippen LogP contribution in [0.4, 0.5) is 5.69 Å². The van der Waals surface area contributed by atoms with E-state index in [0.29, 0.717) is 25.3 Å². The van der Waals surface area contributed by atoms with Gasteiger partial charge in [0.1, 0.15) is 0 Å². The summed E-state index contributed by atoms with van der Waals surface area (Å²) in [6, 6.07) is 17.1. The zero-order valence-electron chi connectivity index (χ0n) is 17.8. The molecule has 0 radical (unpaired) electrons. The molecule has 4 rings (SSSR count). The summed E-state index contributed by atoms with van der Waals surface area (Å²) in [6.07, 6.45) is 6.24. The molecule has 2 aromatic rings. The molecule has 2 fully saturated rings. The number of hydrogen-bond acceptors (Lipinski definition) is 4. The topological polar surface area (TPSA) is 78.5 Å². The third-order valence-corrected chi connectivity index (χ3v) is 8.46. The Hall–Kier alpha value is -2.38. The Morgan fingerprint density at radius 3 is 2.35 bits per heavy atom. The first-order valence-corrected chi connectivity index (χ1v) is 12.6. The number of rotatable bonds is 8. The Kier molecular flexibility index (Phi) is 6.62. The SMILES string of the molecule is O=C(CNc1cccc(S(=O)(=O)N2CCCCC2)c1)NCC1(c2ccccc2)CCC1. The van der Waals surface area contributed by atoms with E-state index in [9.17, 15) is 13.2 Å². The Bertz CT molecular complexity index is 998. The average Bonchev–Trinajstić information content (AvgIpc) is 2.78. The normalized spacial score (nSPS) is 18.7. The van der Waals surface area contributed by atoms with E-state index in [-0.39, 0.29) is 22.8 Å². The number of nitrogens with zero attached hydrogens (tertiary/aromatic N) is 1. The summed E-state index contributed by atoms with van der Waals surface area (Å²) in [6.45, 7) is 1.89. The molecule has 1 saturated carbocycles. The minimum atomic E-state index is -3.49. The molecule has 2 N–H and O–H groups in total. The third kappa shape index (κ3) is 4.93. The van der Waals surface area contributed by atoms with Gasteiger partial charge in [-0.25, -0.2) is 8.42 Å². The molecule has 2 aliphatic rings. The average molecular weight is 442 g/mol. The third-order valence-electron chi connectivity index (χ3n) is 6.56. The van der Waals surface area contributed by atoms with Crippen molar-refractivity contribution in [1.29, 1.82) is 0 Å². The first-order chi connectivity index (χ1) is 15.0. The lowest BCUT2D eigenvalue weighted by molar-refractivity contribution is -0.119. The van der Waals surface area contributed by atoms with Crippen LogP contribution in [-0.2, 0) is 20.2 Å². The number of carbonyl (C=O) groups excluding carboxylic acids is 1. The van der Waals surface area contributed by atoms with Crippen molar-refractivity contribution in [3.63, 3.8) is 0 Å². The Morgan fingerprint density at radius 2 is 1.68 bits per heavy atom. The maximum absolute atomic E-state index is 12.9. The molecule has 1 heterocycles. The minimum absolute atomic E-state index is 0.0410. The maximum Gasteiger partial charge on any atom is 0.243 e. The second-order valence-corrected chi connectivity index (χ2v) is 10.6. The highest BCUT2D eigenvalue weighted by atomic mass is 32.2. The Labute approximate surface area is 185 Å². The number of carbonyl (C=O) groups is 1. The molecule has 1 aliphatic heterocycles. The lowest BCUT2D eigenvalue weighted by Crippen LogP contribution is -2.46. The summed E-state index contributed by atoms with van der Waals surface area (Å²) in [5.74, 6) is -0.0912. The molecule has 0 atom stereocenters. The largest absolute Gasteiger partial charge is 0.376 e. The van der Waals surface area contributed by atoms with Crippen molar-refractivity contribution in [3.8, 4) is 0 Å². The molecular formula is C24H31N3O3S. The predicted octanol–water partition coefficient (Wildman–Crippen LogP) is 3.51. The van der Waals surface area contributed by atoms with Gasteiger partial charge in [0.05, 0.1) is 11.4 Å². The number of hydrogen-bond donors (Lipinski definition) is 2. The standard InChI is InChI=1S/C24H31N3O3S/c28-23(26-19-24(13-8-14-24)20-9-3-1-4-10-20)18-25-21-11-7-12-22(17-21)31(29,30)27-15-5-2-6-16-27/h1,3-4,7,9-12,17,25H,2,5-6,8,13-16,18-19H2,(H,26,28). The number of amides is 1. The highest BCUT2D eigenvalue weighted by Gasteiger charge is 2.38. The van der Waals surface area contributed by atoms with Crippen LogP contribution < -0.4 is 10.6 Å². The second kappa shape index (κ2) is 9.40. The predicted molar refractivity (Wildman–Crippen MR) is 123 cm³/mol. The van der Waals surface area contributed by atoms with Crippen LogP contribution in [0, 0.1) is 0 Å². The van der Waals surface area contributed by atoms with Crippen LogP contribution in [0.25, 0.3) is 0 Å². The molecule has 1 saturated heterocycles. The van der Waals surface area contributed by atoms with Crippen molar-refractivity contribution in [2.45, 2.75) is 48.8 Å². The molecular weight excluding hydrogens is 410 g/mol. The van der Waals surface area contributed by atoms with Gasteiger partial charge in [0, 0.05) is 30.7 Å². The number of piperidine rings is 1. The molecule has 0 spiro atoms. The van der Waals surface area contributed by atoms with E-state index in [0.717, 1.165) is 32.1 Å². The van der Waals surface area contributed by atoms with Gasteiger partial charge in [-0.3, -0.25) is 4.79 Å². The van der Waals surface area contributed by atoms with Gasteiger partial charge in [0.15, 0.2) is 0 Å². The smallest absolute Gasteiger partial charge is 0.243 e. The minimum Gasteiger partial charge on any atom is -0.376 e. The first kappa shape index (κ1) is 21.8. The number of sulfonamides is 1. The van der Waals surface area contributed by atoms with Gasteiger partial charge < -0.3 is 10.6 Å². The van der Waals surface area contributed by atoms with Crippen LogP contribution in [0.3, 0.4) is 0 Å². The van der Waals surface area contributed by atoms with Gasteiger partial charge in [0.2, 0.25) is 15.9 Å². The quantitative estimate of drug-likeness (QED) is 0.657. The molecule has 1 amide bonds. The number of anilines is 1. The van der Waals surface area contributed by atoms with Gasteiger partial charge in [-0.05, 0) is 49.4 Å². The van der Waals surface area contributed by atoms with Crippen molar-refractivity contribution >= 4 is 21.6 Å². The fourth-order valence-corrected chi connectivity index (χ4v) is 6.06. The molecule has 166 valence electrons. The van der Waals surface area contributed by atoms with E-state index in [2.05, 4.69) is 22.8 Å². The fourth-order valence-electron chi connectivity index (χ4n) is 4.50. The monoisotopic (exact) mass is 441 g/mol. The first-order valence-electron chi connectivity index (χ1n) is 11.2. The van der Waals surface area contributed by atoms with Gasteiger partial charge in [-0.15, -0.1) is 0 Å². The summed E-state index contributed by atoms with van der Waals surface area (Å²) < 4.78 is 27.3. The highest BCUT2D eigenvalue weighted by Crippen LogP contribution is 2.43. The molecule has 31 heavy (non-hydrogen) atoms. The van der Waals surface area contributed by atoms with Crippen LogP contribution in [-0.4, -0.2) is 44.8 Å². The lowest BCUT2D eigenvalue weighted by Gasteiger charge is -2.42. The van der Waals surface area contributed by atoms with E-state index in [1.807, 2.05) is 18.2 Å². The molecule has 1 aliphatic carbocycles.